The Morgan fingerprint density at radius 1 is 1.52 bits per heavy atom. The Balaban J connectivity index is 1.54. The highest BCUT2D eigenvalue weighted by atomic mass is 32.2. The Morgan fingerprint density at radius 2 is 2.35 bits per heavy atom. The van der Waals surface area contributed by atoms with Crippen LogP contribution in [0, 0.1) is 0 Å². The van der Waals surface area contributed by atoms with E-state index < -0.39 is 11.3 Å². The lowest BCUT2D eigenvalue weighted by atomic mass is 10.4. The van der Waals surface area contributed by atoms with Gasteiger partial charge in [-0.15, -0.1) is 10.2 Å². The molecule has 2 N–H and O–H groups in total. The fraction of sp³-hybridized carbons (Fsp3) is 0.429. The minimum atomic E-state index is -0.473. The van der Waals surface area contributed by atoms with Gasteiger partial charge in [-0.05, 0) is 31.9 Å². The van der Waals surface area contributed by atoms with Gasteiger partial charge in [-0.25, -0.2) is 4.79 Å². The fourth-order valence-corrected chi connectivity index (χ4v) is 2.71. The van der Waals surface area contributed by atoms with Gasteiger partial charge in [0.15, 0.2) is 5.16 Å². The lowest BCUT2D eigenvalue weighted by Gasteiger charge is -2.11. The molecule has 122 valence electrons. The van der Waals surface area contributed by atoms with Gasteiger partial charge in [0.05, 0.1) is 18.1 Å². The zero-order valence-electron chi connectivity index (χ0n) is 12.6. The first-order chi connectivity index (χ1) is 11.1. The summed E-state index contributed by atoms with van der Waals surface area (Å²) in [5, 5.41) is 13.0. The van der Waals surface area contributed by atoms with Crippen molar-refractivity contribution in [3.63, 3.8) is 0 Å². The van der Waals surface area contributed by atoms with Crippen LogP contribution in [0.25, 0.3) is 0 Å². The summed E-state index contributed by atoms with van der Waals surface area (Å²) >= 11 is 1.24. The van der Waals surface area contributed by atoms with E-state index in [1.807, 2.05) is 6.07 Å². The van der Waals surface area contributed by atoms with E-state index in [0.29, 0.717) is 11.7 Å². The minimum Gasteiger partial charge on any atom is -0.467 e. The molecule has 1 aliphatic carbocycles. The summed E-state index contributed by atoms with van der Waals surface area (Å²) in [6.07, 6.45) is 5.12. The zero-order valence-corrected chi connectivity index (χ0v) is 13.4. The van der Waals surface area contributed by atoms with Crippen LogP contribution < -0.4 is 10.6 Å². The molecule has 9 heteroatoms. The van der Waals surface area contributed by atoms with Crippen LogP contribution in [0.5, 0.6) is 0 Å². The van der Waals surface area contributed by atoms with Gasteiger partial charge in [-0.2, -0.15) is 0 Å². The Labute approximate surface area is 137 Å². The van der Waals surface area contributed by atoms with Gasteiger partial charge >= 0.3 is 6.03 Å². The van der Waals surface area contributed by atoms with Crippen LogP contribution >= 0.6 is 11.8 Å². The number of aromatic nitrogens is 3. The summed E-state index contributed by atoms with van der Waals surface area (Å²) in [6.45, 7) is 2.20. The van der Waals surface area contributed by atoms with Crippen molar-refractivity contribution in [2.24, 2.45) is 0 Å². The second kappa shape index (κ2) is 6.86. The van der Waals surface area contributed by atoms with Crippen molar-refractivity contribution >= 4 is 23.7 Å². The van der Waals surface area contributed by atoms with Crippen molar-refractivity contribution in [1.82, 2.24) is 25.4 Å². The number of amides is 3. The first-order valence-electron chi connectivity index (χ1n) is 7.30. The summed E-state index contributed by atoms with van der Waals surface area (Å²) in [6, 6.07) is 3.43. The van der Waals surface area contributed by atoms with Gasteiger partial charge < -0.3 is 14.3 Å². The molecule has 0 saturated heterocycles. The van der Waals surface area contributed by atoms with Crippen LogP contribution in [0.4, 0.5) is 4.79 Å². The second-order valence-corrected chi connectivity index (χ2v) is 6.63. The van der Waals surface area contributed by atoms with Crippen LogP contribution in [-0.4, -0.2) is 38.0 Å². The number of furan rings is 1. The molecular formula is C14H17N5O3S. The Bertz CT molecular complexity index is 680. The van der Waals surface area contributed by atoms with Crippen molar-refractivity contribution in [2.45, 2.75) is 42.8 Å². The van der Waals surface area contributed by atoms with Crippen LogP contribution in [-0.2, 0) is 11.3 Å². The summed E-state index contributed by atoms with van der Waals surface area (Å²) in [4.78, 5) is 23.6. The number of nitrogens with zero attached hydrogens (tertiary/aromatic N) is 3. The number of rotatable bonds is 6. The molecule has 1 aliphatic rings. The fourth-order valence-electron chi connectivity index (χ4n) is 1.89. The van der Waals surface area contributed by atoms with E-state index in [1.54, 1.807) is 30.1 Å². The maximum Gasteiger partial charge on any atom is 0.321 e. The molecule has 1 fully saturated rings. The number of nitrogens with one attached hydrogen (secondary N) is 2. The highest BCUT2D eigenvalue weighted by molar-refractivity contribution is 8.00. The number of carbonyl (C=O) groups is 2. The molecular weight excluding hydrogens is 318 g/mol. The van der Waals surface area contributed by atoms with Crippen molar-refractivity contribution in [3.05, 3.63) is 30.5 Å². The summed E-state index contributed by atoms with van der Waals surface area (Å²) in [5.74, 6) is 0.410. The lowest BCUT2D eigenvalue weighted by Crippen LogP contribution is -2.43. The lowest BCUT2D eigenvalue weighted by molar-refractivity contribution is -0.119. The van der Waals surface area contributed by atoms with Crippen LogP contribution in [0.3, 0.4) is 0 Å². The molecule has 1 saturated carbocycles. The van der Waals surface area contributed by atoms with Gasteiger partial charge in [0.2, 0.25) is 5.91 Å². The first-order valence-corrected chi connectivity index (χ1v) is 8.18. The largest absolute Gasteiger partial charge is 0.467 e. The quantitative estimate of drug-likeness (QED) is 0.774. The van der Waals surface area contributed by atoms with E-state index in [4.69, 9.17) is 4.42 Å². The molecule has 2 heterocycles. The predicted octanol–water partition coefficient (Wildman–Crippen LogP) is 1.39. The van der Waals surface area contributed by atoms with Crippen LogP contribution in [0.15, 0.2) is 34.3 Å². The molecule has 2 aromatic rings. The van der Waals surface area contributed by atoms with E-state index >= 15 is 0 Å². The Morgan fingerprint density at radius 3 is 3.04 bits per heavy atom. The van der Waals surface area contributed by atoms with Gasteiger partial charge in [0.25, 0.3) is 0 Å². The molecule has 0 aromatic carbocycles. The number of imide groups is 1. The maximum absolute atomic E-state index is 12.0. The third-order valence-corrected chi connectivity index (χ3v) is 4.38. The molecule has 0 radical (unpaired) electrons. The zero-order chi connectivity index (χ0) is 16.2. The van der Waals surface area contributed by atoms with E-state index in [9.17, 15) is 9.59 Å². The number of hydrogen-bond acceptors (Lipinski definition) is 6. The summed E-state index contributed by atoms with van der Waals surface area (Å²) < 4.78 is 7.08. The molecule has 0 aliphatic heterocycles. The van der Waals surface area contributed by atoms with Gasteiger partial charge in [-0.3, -0.25) is 10.1 Å². The second-order valence-electron chi connectivity index (χ2n) is 5.32. The number of urea groups is 1. The topological polar surface area (TPSA) is 102 Å². The molecule has 8 nitrogen and oxygen atoms in total. The van der Waals surface area contributed by atoms with Crippen LogP contribution in [0.2, 0.25) is 0 Å². The predicted molar refractivity (Wildman–Crippen MR) is 82.8 cm³/mol. The molecule has 2 aromatic heterocycles. The van der Waals surface area contributed by atoms with Crippen LogP contribution in [0.1, 0.15) is 25.5 Å². The minimum absolute atomic E-state index is 0.210. The monoisotopic (exact) mass is 335 g/mol. The van der Waals surface area contributed by atoms with Crippen molar-refractivity contribution in [3.8, 4) is 0 Å². The molecule has 23 heavy (non-hydrogen) atoms. The van der Waals surface area contributed by atoms with E-state index in [0.717, 1.165) is 18.6 Å². The maximum atomic E-state index is 12.0. The average molecular weight is 335 g/mol. The third kappa shape index (κ3) is 4.35. The number of thioether (sulfide) groups is 1. The number of hydrogen-bond donors (Lipinski definition) is 2. The van der Waals surface area contributed by atoms with Crippen molar-refractivity contribution in [2.75, 3.05) is 0 Å². The highest BCUT2D eigenvalue weighted by Gasteiger charge is 2.25. The van der Waals surface area contributed by atoms with Crippen molar-refractivity contribution < 1.29 is 14.0 Å². The van der Waals surface area contributed by atoms with Gasteiger partial charge in [-0.1, -0.05) is 11.8 Å². The third-order valence-electron chi connectivity index (χ3n) is 3.29. The highest BCUT2D eigenvalue weighted by Crippen LogP contribution is 2.22. The first kappa shape index (κ1) is 15.6. The Kier molecular flexibility index (Phi) is 4.65. The SMILES string of the molecule is CC(Sc1nncn1Cc1ccco1)C(=O)NC(=O)NC1CC1. The smallest absolute Gasteiger partial charge is 0.321 e. The van der Waals surface area contributed by atoms with E-state index in [-0.39, 0.29) is 11.9 Å². The molecule has 1 atom stereocenters. The Hall–Kier alpha value is -2.29. The normalized spacial score (nSPS) is 15.2. The van der Waals surface area contributed by atoms with E-state index in [1.165, 1.54) is 11.8 Å². The van der Waals surface area contributed by atoms with Gasteiger partial charge in [0.1, 0.15) is 12.1 Å². The number of carbonyl (C=O) groups excluding carboxylic acids is 2. The molecule has 0 spiro atoms. The van der Waals surface area contributed by atoms with Crippen molar-refractivity contribution in [1.29, 1.82) is 0 Å². The molecule has 3 rings (SSSR count). The summed E-state index contributed by atoms with van der Waals surface area (Å²) in [7, 11) is 0. The molecule has 1 unspecified atom stereocenters. The average Bonchev–Trinajstić information content (AvgIpc) is 2.99. The summed E-state index contributed by atoms with van der Waals surface area (Å²) in [5.41, 5.74) is 0. The van der Waals surface area contributed by atoms with Gasteiger partial charge in [0, 0.05) is 6.04 Å². The standard InChI is InChI=1S/C14H17N5O3S/c1-9(12(20)17-13(21)16-10-4-5-10)23-14-18-15-8-19(14)7-11-3-2-6-22-11/h2-3,6,8-10H,4-5,7H2,1H3,(H2,16,17,20,21). The molecule has 0 bridgehead atoms. The molecule has 3 amide bonds. The van der Waals surface area contributed by atoms with E-state index in [2.05, 4.69) is 20.8 Å².